The number of carbonyl (C=O) groups is 2. The highest BCUT2D eigenvalue weighted by Crippen LogP contribution is 2.35. The van der Waals surface area contributed by atoms with Gasteiger partial charge in [-0.3, -0.25) is 14.3 Å². The molecule has 2 aliphatic rings. The molecule has 0 aliphatic heterocycles. The highest BCUT2D eigenvalue weighted by Gasteiger charge is 2.25. The monoisotopic (exact) mass is 405 g/mol. The first-order chi connectivity index (χ1) is 13.2. The van der Waals surface area contributed by atoms with Crippen LogP contribution in [-0.4, -0.2) is 47.8 Å². The largest absolute Gasteiger partial charge is 0.309 e. The summed E-state index contributed by atoms with van der Waals surface area (Å²) in [6.45, 7) is 0.776. The van der Waals surface area contributed by atoms with Crippen molar-refractivity contribution in [1.29, 1.82) is 0 Å². The summed E-state index contributed by atoms with van der Waals surface area (Å²) >= 11 is 0. The van der Waals surface area contributed by atoms with E-state index in [0.717, 1.165) is 50.6 Å². The third kappa shape index (κ3) is 5.20. The number of hydrogen-bond donors (Lipinski definition) is 1. The molecule has 0 aromatic heterocycles. The summed E-state index contributed by atoms with van der Waals surface area (Å²) in [7, 11) is 0.806. The Kier molecular flexibility index (Phi) is 6.55. The molecule has 1 unspecified atom stereocenters. The molecule has 2 amide bonds. The van der Waals surface area contributed by atoms with Crippen molar-refractivity contribution >= 4 is 21.7 Å². The van der Waals surface area contributed by atoms with Crippen LogP contribution < -0.4 is 4.72 Å². The predicted molar refractivity (Wildman–Crippen MR) is 112 cm³/mol. The minimum absolute atomic E-state index is 0.187. The minimum Gasteiger partial charge on any atom is -0.309 e. The quantitative estimate of drug-likeness (QED) is 0.754. The zero-order chi connectivity index (χ0) is 20.3. The van der Waals surface area contributed by atoms with Crippen LogP contribution in [0.4, 0.5) is 0 Å². The van der Waals surface area contributed by atoms with Gasteiger partial charge in [-0.1, -0.05) is 6.07 Å². The second-order valence-electron chi connectivity index (χ2n) is 8.23. The van der Waals surface area contributed by atoms with E-state index in [1.54, 1.807) is 0 Å². The number of rotatable bonds is 7. The van der Waals surface area contributed by atoms with E-state index in [0.29, 0.717) is 6.42 Å². The Hall–Kier alpha value is -1.73. The van der Waals surface area contributed by atoms with Gasteiger partial charge in [0.25, 0.3) is 5.91 Å². The molecule has 1 atom stereocenters. The van der Waals surface area contributed by atoms with Gasteiger partial charge in [-0.2, -0.15) is 0 Å². The van der Waals surface area contributed by atoms with Crippen LogP contribution in [0.2, 0.25) is 0 Å². The first-order valence-electron chi connectivity index (χ1n) is 10.1. The van der Waals surface area contributed by atoms with Crippen LogP contribution in [0.5, 0.6) is 0 Å². The molecule has 1 N–H and O–H groups in total. The maximum Gasteiger partial charge on any atom is 0.259 e. The van der Waals surface area contributed by atoms with Crippen LogP contribution in [0, 0.1) is 0 Å². The standard InChI is InChI=1S/C21H31N3O3S/c1-24(2)12-6-11-20(25)22-28(3,27)23-21(26)14-19-17-9-4-7-15(17)13-16-8-5-10-18(16)19/h13H,4-12,14H2,1-3H3,(H,22,23,25,26,27). The number of amides is 2. The van der Waals surface area contributed by atoms with Gasteiger partial charge in [0.05, 0.1) is 6.42 Å². The molecular formula is C21H31N3O3S. The van der Waals surface area contributed by atoms with Crippen molar-refractivity contribution in [3.05, 3.63) is 33.9 Å². The Labute approximate surface area is 168 Å². The zero-order valence-corrected chi connectivity index (χ0v) is 18.0. The smallest absolute Gasteiger partial charge is 0.259 e. The molecule has 1 aromatic rings. The van der Waals surface area contributed by atoms with Crippen LogP contribution in [0.1, 0.15) is 53.5 Å². The Balaban J connectivity index is 1.70. The van der Waals surface area contributed by atoms with Crippen LogP contribution >= 0.6 is 0 Å². The lowest BCUT2D eigenvalue weighted by atomic mass is 9.92. The predicted octanol–water partition coefficient (Wildman–Crippen LogP) is 2.20. The molecule has 0 heterocycles. The second kappa shape index (κ2) is 8.74. The first kappa shape index (κ1) is 21.0. The van der Waals surface area contributed by atoms with Crippen molar-refractivity contribution in [3.8, 4) is 0 Å². The molecular weight excluding hydrogens is 374 g/mol. The number of carbonyl (C=O) groups excluding carboxylic acids is 2. The molecule has 0 spiro atoms. The van der Waals surface area contributed by atoms with E-state index in [-0.39, 0.29) is 18.7 Å². The highest BCUT2D eigenvalue weighted by molar-refractivity contribution is 7.91. The molecule has 2 aliphatic carbocycles. The van der Waals surface area contributed by atoms with Gasteiger partial charge in [-0.05, 0) is 93.4 Å². The summed E-state index contributed by atoms with van der Waals surface area (Å²) in [6, 6.07) is 2.33. The molecule has 3 rings (SSSR count). The average Bonchev–Trinajstić information content (AvgIpc) is 3.21. The third-order valence-electron chi connectivity index (χ3n) is 5.51. The summed E-state index contributed by atoms with van der Waals surface area (Å²) < 4.78 is 19.0. The number of fused-ring (bicyclic) bond motifs is 2. The number of nitrogens with one attached hydrogen (secondary N) is 1. The Morgan fingerprint density at radius 3 is 2.29 bits per heavy atom. The van der Waals surface area contributed by atoms with Crippen molar-refractivity contribution < 1.29 is 13.8 Å². The Morgan fingerprint density at radius 1 is 1.11 bits per heavy atom. The topological polar surface area (TPSA) is 78.8 Å². The maximum absolute atomic E-state index is 12.6. The summed E-state index contributed by atoms with van der Waals surface area (Å²) in [4.78, 5) is 26.6. The lowest BCUT2D eigenvalue weighted by molar-refractivity contribution is -0.119. The molecule has 7 heteroatoms. The van der Waals surface area contributed by atoms with Crippen molar-refractivity contribution in [2.75, 3.05) is 26.9 Å². The van der Waals surface area contributed by atoms with Crippen molar-refractivity contribution in [2.45, 2.75) is 57.8 Å². The lowest BCUT2D eigenvalue weighted by Gasteiger charge is -2.14. The third-order valence-corrected chi connectivity index (χ3v) is 6.67. The molecule has 0 fully saturated rings. The van der Waals surface area contributed by atoms with Crippen molar-refractivity contribution in [1.82, 2.24) is 9.62 Å². The van der Waals surface area contributed by atoms with Gasteiger partial charge >= 0.3 is 0 Å². The second-order valence-corrected chi connectivity index (χ2v) is 10.2. The van der Waals surface area contributed by atoms with Gasteiger partial charge in [0, 0.05) is 12.7 Å². The van der Waals surface area contributed by atoms with E-state index < -0.39 is 15.8 Å². The molecule has 0 saturated carbocycles. The molecule has 0 radical (unpaired) electrons. The maximum atomic E-state index is 12.6. The molecule has 0 saturated heterocycles. The summed E-state index contributed by atoms with van der Waals surface area (Å²) in [5, 5.41) is 0. The number of nitrogens with zero attached hydrogens (tertiary/aromatic N) is 2. The summed E-state index contributed by atoms with van der Waals surface area (Å²) in [6.07, 6.45) is 8.89. The number of aryl methyl sites for hydroxylation is 2. The van der Waals surface area contributed by atoms with E-state index in [1.165, 1.54) is 28.5 Å². The van der Waals surface area contributed by atoms with Gasteiger partial charge in [-0.15, -0.1) is 4.36 Å². The highest BCUT2D eigenvalue weighted by atomic mass is 32.2. The summed E-state index contributed by atoms with van der Waals surface area (Å²) in [5.74, 6) is -0.733. The fourth-order valence-corrected chi connectivity index (χ4v) is 5.39. The number of benzene rings is 1. The van der Waals surface area contributed by atoms with E-state index in [4.69, 9.17) is 0 Å². The van der Waals surface area contributed by atoms with Gasteiger partial charge in [-0.25, -0.2) is 4.21 Å². The molecule has 6 nitrogen and oxygen atoms in total. The van der Waals surface area contributed by atoms with E-state index in [2.05, 4.69) is 15.2 Å². The van der Waals surface area contributed by atoms with Gasteiger partial charge in [0.2, 0.25) is 5.91 Å². The Bertz CT molecular complexity index is 866. The zero-order valence-electron chi connectivity index (χ0n) is 17.2. The van der Waals surface area contributed by atoms with Crippen LogP contribution in [-0.2, 0) is 51.6 Å². The average molecular weight is 406 g/mol. The minimum atomic E-state index is -3.07. The molecule has 28 heavy (non-hydrogen) atoms. The normalized spacial score (nSPS) is 17.1. The molecule has 154 valence electrons. The van der Waals surface area contributed by atoms with Crippen molar-refractivity contribution in [3.63, 3.8) is 0 Å². The van der Waals surface area contributed by atoms with E-state index in [9.17, 15) is 13.8 Å². The molecule has 0 bridgehead atoms. The number of hydrogen-bond acceptors (Lipinski definition) is 4. The fourth-order valence-electron chi connectivity index (χ4n) is 4.37. The fraction of sp³-hybridized carbons (Fsp3) is 0.619. The lowest BCUT2D eigenvalue weighted by Crippen LogP contribution is -2.30. The molecule has 1 aromatic carbocycles. The summed E-state index contributed by atoms with van der Waals surface area (Å²) in [5.41, 5.74) is 6.47. The first-order valence-corrected chi connectivity index (χ1v) is 12.0. The van der Waals surface area contributed by atoms with Crippen LogP contribution in [0.3, 0.4) is 0 Å². The van der Waals surface area contributed by atoms with E-state index in [1.807, 2.05) is 19.0 Å². The van der Waals surface area contributed by atoms with Gasteiger partial charge in [0.15, 0.2) is 0 Å². The van der Waals surface area contributed by atoms with Gasteiger partial charge in [0.1, 0.15) is 9.92 Å². The SMILES string of the molecule is CN(C)CCCC(=O)NS(C)(=O)=NC(=O)Cc1c2c(cc3c1CCC3)CCC2. The van der Waals surface area contributed by atoms with Gasteiger partial charge < -0.3 is 4.90 Å². The van der Waals surface area contributed by atoms with E-state index >= 15 is 0 Å². The van der Waals surface area contributed by atoms with Crippen molar-refractivity contribution in [2.24, 2.45) is 4.36 Å². The Morgan fingerprint density at radius 2 is 1.71 bits per heavy atom. The van der Waals surface area contributed by atoms with Crippen LogP contribution in [0.25, 0.3) is 0 Å². The van der Waals surface area contributed by atoms with Crippen LogP contribution in [0.15, 0.2) is 10.4 Å².